The Morgan fingerprint density at radius 2 is 0.938 bits per heavy atom. The van der Waals surface area contributed by atoms with E-state index in [1.165, 1.54) is 6.92 Å². The molecule has 0 aromatic rings. The van der Waals surface area contributed by atoms with Crippen LogP contribution in [0.5, 0.6) is 0 Å². The Labute approximate surface area is 170 Å². The van der Waals surface area contributed by atoms with Crippen LogP contribution in [-0.4, -0.2) is 60.7 Å². The van der Waals surface area contributed by atoms with Gasteiger partial charge in [-0.25, -0.2) is 4.39 Å². The maximum atomic E-state index is 13.6. The highest BCUT2D eigenvalue weighted by Crippen LogP contribution is 2.62. The van der Waals surface area contributed by atoms with E-state index in [1.807, 2.05) is 0 Å². The second-order valence-electron chi connectivity index (χ2n) is 7.23. The molecule has 0 heterocycles. The van der Waals surface area contributed by atoms with Gasteiger partial charge in [0, 0.05) is 0 Å². The molecule has 0 bridgehead atoms. The predicted octanol–water partition coefficient (Wildman–Crippen LogP) is 6.38. The maximum absolute atomic E-state index is 13.6. The SMILES string of the molecule is CCC(C)(C)C(=O)OCC(F)(F)C(F)(F)C(F)(F)C(F)(F)C(F)(F)C(F)(F)C(F)(F)CF. The summed E-state index contributed by atoms with van der Waals surface area (Å²) in [5, 5.41) is 0. The molecule has 0 unspecified atom stereocenters. The molecule has 2 nitrogen and oxygen atoms in total. The fourth-order valence-corrected chi connectivity index (χ4v) is 1.72. The van der Waals surface area contributed by atoms with E-state index in [1.54, 1.807) is 0 Å². The summed E-state index contributed by atoms with van der Waals surface area (Å²) < 4.78 is 202. The van der Waals surface area contributed by atoms with Crippen LogP contribution in [0.2, 0.25) is 0 Å². The molecule has 0 saturated heterocycles. The highest BCUT2D eigenvalue weighted by atomic mass is 19.4. The second-order valence-corrected chi connectivity index (χ2v) is 7.23. The third-order valence-electron chi connectivity index (χ3n) is 4.48. The molecule has 0 aliphatic rings. The molecule has 0 N–H and O–H groups in total. The number of carbonyl (C=O) groups excluding carboxylic acids is 1. The van der Waals surface area contributed by atoms with Crippen LogP contribution in [0, 0.1) is 5.41 Å². The lowest BCUT2D eigenvalue weighted by atomic mass is 9.89. The molecule has 0 aliphatic heterocycles. The van der Waals surface area contributed by atoms with Crippen LogP contribution in [0.3, 0.4) is 0 Å². The van der Waals surface area contributed by atoms with Gasteiger partial charge in [-0.1, -0.05) is 6.92 Å². The Hall–Kier alpha value is -1.58. The van der Waals surface area contributed by atoms with E-state index < -0.39 is 66.1 Å². The van der Waals surface area contributed by atoms with E-state index in [2.05, 4.69) is 4.74 Å². The Morgan fingerprint density at radius 3 is 1.25 bits per heavy atom. The molecule has 192 valence electrons. The largest absolute Gasteiger partial charge is 0.459 e. The van der Waals surface area contributed by atoms with Crippen LogP contribution >= 0.6 is 0 Å². The molecular weight excluding hydrogens is 497 g/mol. The van der Waals surface area contributed by atoms with Crippen molar-refractivity contribution in [3.8, 4) is 0 Å². The van der Waals surface area contributed by atoms with Crippen LogP contribution in [0.25, 0.3) is 0 Å². The van der Waals surface area contributed by atoms with Gasteiger partial charge < -0.3 is 4.74 Å². The minimum absolute atomic E-state index is 0.202. The van der Waals surface area contributed by atoms with Gasteiger partial charge in [-0.15, -0.1) is 0 Å². The third-order valence-corrected chi connectivity index (χ3v) is 4.48. The van der Waals surface area contributed by atoms with E-state index in [0.717, 1.165) is 13.8 Å². The number of rotatable bonds is 11. The average Bonchev–Trinajstić information content (AvgIpc) is 2.64. The smallest absolute Gasteiger partial charge is 0.384 e. The van der Waals surface area contributed by atoms with Gasteiger partial charge in [0.25, 0.3) is 0 Å². The predicted molar refractivity (Wildman–Crippen MR) is 75.6 cm³/mol. The molecule has 0 aromatic carbocycles. The van der Waals surface area contributed by atoms with Crippen molar-refractivity contribution in [2.45, 2.75) is 68.6 Å². The first-order chi connectivity index (χ1) is 13.7. The molecule has 0 aliphatic carbocycles. The zero-order valence-corrected chi connectivity index (χ0v) is 16.1. The summed E-state index contributed by atoms with van der Waals surface area (Å²) in [6.45, 7) is -3.70. The minimum Gasteiger partial charge on any atom is -0.459 e. The molecular formula is C15H15F15O2. The van der Waals surface area contributed by atoms with Crippen molar-refractivity contribution in [1.29, 1.82) is 0 Å². The quantitative estimate of drug-likeness (QED) is 0.237. The maximum Gasteiger partial charge on any atom is 0.384 e. The fraction of sp³-hybridized carbons (Fsp3) is 0.933. The summed E-state index contributed by atoms with van der Waals surface area (Å²) in [7, 11) is 0. The number of carbonyl (C=O) groups is 1. The normalized spacial score (nSPS) is 15.7. The summed E-state index contributed by atoms with van der Waals surface area (Å²) in [6, 6.07) is 0. The van der Waals surface area contributed by atoms with Gasteiger partial charge in [-0.2, -0.15) is 61.5 Å². The first-order valence-electron chi connectivity index (χ1n) is 8.13. The van der Waals surface area contributed by atoms with Gasteiger partial charge in [0.1, 0.15) is 0 Å². The molecule has 0 radical (unpaired) electrons. The lowest BCUT2D eigenvalue weighted by molar-refractivity contribution is -0.442. The Kier molecular flexibility index (Phi) is 7.92. The van der Waals surface area contributed by atoms with Gasteiger partial charge >= 0.3 is 47.4 Å². The first-order valence-corrected chi connectivity index (χ1v) is 8.13. The van der Waals surface area contributed by atoms with E-state index in [-0.39, 0.29) is 6.42 Å². The van der Waals surface area contributed by atoms with Crippen LogP contribution in [0.4, 0.5) is 65.9 Å². The van der Waals surface area contributed by atoms with E-state index in [0.29, 0.717) is 0 Å². The molecule has 0 rings (SSSR count). The average molecular weight is 512 g/mol. The lowest BCUT2D eigenvalue weighted by Gasteiger charge is -2.42. The van der Waals surface area contributed by atoms with Crippen molar-refractivity contribution in [3.05, 3.63) is 0 Å². The zero-order valence-electron chi connectivity index (χ0n) is 16.1. The summed E-state index contributed by atoms with van der Waals surface area (Å²) in [5.41, 5.74) is -1.69. The molecule has 0 fully saturated rings. The molecule has 32 heavy (non-hydrogen) atoms. The summed E-state index contributed by atoms with van der Waals surface area (Å²) in [5.74, 6) is -55.1. The highest BCUT2D eigenvalue weighted by Gasteiger charge is 2.92. The van der Waals surface area contributed by atoms with Crippen LogP contribution in [0.1, 0.15) is 27.2 Å². The Balaban J connectivity index is 6.30. The molecule has 17 heteroatoms. The number of ether oxygens (including phenoxy) is 1. The zero-order chi connectivity index (χ0) is 26.4. The van der Waals surface area contributed by atoms with Crippen LogP contribution < -0.4 is 0 Å². The van der Waals surface area contributed by atoms with Crippen LogP contribution in [-0.2, 0) is 9.53 Å². The highest BCUT2D eigenvalue weighted by molar-refractivity contribution is 5.75. The number of alkyl halides is 15. The monoisotopic (exact) mass is 512 g/mol. The Bertz CT molecular complexity index is 684. The number of hydrogen-bond acceptors (Lipinski definition) is 2. The molecule has 0 amide bonds. The van der Waals surface area contributed by atoms with Crippen LogP contribution in [0.15, 0.2) is 0 Å². The van der Waals surface area contributed by atoms with Crippen molar-refractivity contribution in [2.24, 2.45) is 5.41 Å². The lowest BCUT2D eigenvalue weighted by Crippen LogP contribution is -2.73. The van der Waals surface area contributed by atoms with Gasteiger partial charge in [0.15, 0.2) is 13.3 Å². The van der Waals surface area contributed by atoms with Crippen molar-refractivity contribution in [1.82, 2.24) is 0 Å². The van der Waals surface area contributed by atoms with Crippen molar-refractivity contribution in [3.63, 3.8) is 0 Å². The van der Waals surface area contributed by atoms with Gasteiger partial charge in [-0.3, -0.25) is 4.79 Å². The van der Waals surface area contributed by atoms with Crippen molar-refractivity contribution < 1.29 is 75.4 Å². The third kappa shape index (κ3) is 4.31. The van der Waals surface area contributed by atoms with E-state index in [9.17, 15) is 70.7 Å². The number of halogens is 15. The summed E-state index contributed by atoms with van der Waals surface area (Å²) >= 11 is 0. The molecule has 0 spiro atoms. The standard InChI is InChI=1S/C15H15F15O2/c1-4-8(2,3)7(31)32-6-10(19,20)12(23,24)14(27,28)15(29,30)13(25,26)11(21,22)9(17,18)5-16/h4-6H2,1-3H3. The van der Waals surface area contributed by atoms with Gasteiger partial charge in [-0.05, 0) is 20.3 Å². The summed E-state index contributed by atoms with van der Waals surface area (Å²) in [6.07, 6.45) is -0.202. The van der Waals surface area contributed by atoms with E-state index >= 15 is 0 Å². The van der Waals surface area contributed by atoms with E-state index in [4.69, 9.17) is 0 Å². The van der Waals surface area contributed by atoms with Gasteiger partial charge in [0.2, 0.25) is 0 Å². The molecule has 0 aromatic heterocycles. The van der Waals surface area contributed by atoms with Gasteiger partial charge in [0.05, 0.1) is 5.41 Å². The molecule has 0 atom stereocenters. The Morgan fingerprint density at radius 1 is 0.625 bits per heavy atom. The first kappa shape index (κ1) is 30.4. The number of hydrogen-bond donors (Lipinski definition) is 0. The second kappa shape index (κ2) is 8.33. The molecule has 0 saturated carbocycles. The fourth-order valence-electron chi connectivity index (χ4n) is 1.72. The minimum atomic E-state index is -8.29. The number of esters is 1. The summed E-state index contributed by atoms with van der Waals surface area (Å²) in [4.78, 5) is 11.5. The topological polar surface area (TPSA) is 26.3 Å². The van der Waals surface area contributed by atoms with Crippen molar-refractivity contribution >= 4 is 5.97 Å². The van der Waals surface area contributed by atoms with Crippen molar-refractivity contribution in [2.75, 3.05) is 13.3 Å².